The van der Waals surface area contributed by atoms with E-state index >= 15 is 0 Å². The summed E-state index contributed by atoms with van der Waals surface area (Å²) in [6.07, 6.45) is 0.802. The Morgan fingerprint density at radius 2 is 2.11 bits per heavy atom. The molecule has 1 heterocycles. The molecule has 0 saturated heterocycles. The molecule has 4 nitrogen and oxygen atoms in total. The van der Waals surface area contributed by atoms with Gasteiger partial charge in [0.25, 0.3) is 0 Å². The smallest absolute Gasteiger partial charge is 0.213 e. The van der Waals surface area contributed by atoms with Crippen molar-refractivity contribution < 1.29 is 9.47 Å². The Balaban J connectivity index is 2.54. The van der Waals surface area contributed by atoms with Crippen LogP contribution in [0, 0.1) is 0 Å². The van der Waals surface area contributed by atoms with Gasteiger partial charge in [0.05, 0.1) is 22.9 Å². The van der Waals surface area contributed by atoms with E-state index in [0.717, 1.165) is 18.7 Å². The first-order valence-corrected chi connectivity index (χ1v) is 6.90. The van der Waals surface area contributed by atoms with Crippen molar-refractivity contribution in [3.63, 3.8) is 0 Å². The third kappa shape index (κ3) is 5.76. The van der Waals surface area contributed by atoms with Crippen LogP contribution >= 0.6 is 11.6 Å². The lowest BCUT2D eigenvalue weighted by Crippen LogP contribution is -2.25. The van der Waals surface area contributed by atoms with E-state index in [4.69, 9.17) is 21.1 Å². The van der Waals surface area contributed by atoms with Crippen molar-refractivity contribution in [3.05, 3.63) is 22.8 Å². The predicted octanol–water partition coefficient (Wildman–Crippen LogP) is 3.04. The van der Waals surface area contributed by atoms with Crippen LogP contribution in [0.25, 0.3) is 0 Å². The summed E-state index contributed by atoms with van der Waals surface area (Å²) in [6, 6.07) is 3.61. The minimum absolute atomic E-state index is 0.182. The molecule has 5 heteroatoms. The number of pyridine rings is 1. The lowest BCUT2D eigenvalue weighted by Gasteiger charge is -2.22. The Labute approximate surface area is 120 Å². The van der Waals surface area contributed by atoms with E-state index in [1.807, 2.05) is 26.8 Å². The maximum Gasteiger partial charge on any atom is 0.213 e. The molecule has 0 aliphatic carbocycles. The summed E-state index contributed by atoms with van der Waals surface area (Å²) in [5.41, 5.74) is 0.631. The SMILES string of the molecule is CCNCc1nc(OCCC(C)(C)OC)ccc1Cl. The average molecular weight is 287 g/mol. The lowest BCUT2D eigenvalue weighted by molar-refractivity contribution is 0.00507. The van der Waals surface area contributed by atoms with Crippen LogP contribution in [0.1, 0.15) is 32.9 Å². The van der Waals surface area contributed by atoms with Crippen LogP contribution in [0.4, 0.5) is 0 Å². The van der Waals surface area contributed by atoms with Crippen molar-refractivity contribution in [1.82, 2.24) is 10.3 Å². The molecule has 19 heavy (non-hydrogen) atoms. The summed E-state index contributed by atoms with van der Waals surface area (Å²) >= 11 is 6.08. The van der Waals surface area contributed by atoms with Crippen molar-refractivity contribution in [1.29, 1.82) is 0 Å². The van der Waals surface area contributed by atoms with Gasteiger partial charge in [0.1, 0.15) is 0 Å². The highest BCUT2D eigenvalue weighted by atomic mass is 35.5. The minimum atomic E-state index is -0.182. The molecule has 0 aromatic carbocycles. The zero-order chi connectivity index (χ0) is 14.3. The van der Waals surface area contributed by atoms with Crippen LogP contribution in [0.3, 0.4) is 0 Å². The number of methoxy groups -OCH3 is 1. The van der Waals surface area contributed by atoms with Gasteiger partial charge in [0, 0.05) is 26.1 Å². The third-order valence-corrected chi connectivity index (χ3v) is 3.29. The molecule has 1 aromatic heterocycles. The number of ether oxygens (including phenoxy) is 2. The van der Waals surface area contributed by atoms with Gasteiger partial charge >= 0.3 is 0 Å². The van der Waals surface area contributed by atoms with Crippen molar-refractivity contribution in [2.24, 2.45) is 0 Å². The fourth-order valence-corrected chi connectivity index (χ4v) is 1.59. The minimum Gasteiger partial charge on any atom is -0.478 e. The van der Waals surface area contributed by atoms with Crippen molar-refractivity contribution in [2.75, 3.05) is 20.3 Å². The molecule has 1 N–H and O–H groups in total. The molecule has 0 atom stereocenters. The molecule has 0 fully saturated rings. The van der Waals surface area contributed by atoms with Gasteiger partial charge in [-0.15, -0.1) is 0 Å². The van der Waals surface area contributed by atoms with Gasteiger partial charge in [-0.2, -0.15) is 0 Å². The summed E-state index contributed by atoms with van der Waals surface area (Å²) < 4.78 is 11.0. The second-order valence-corrected chi connectivity index (χ2v) is 5.33. The number of halogens is 1. The average Bonchev–Trinajstić information content (AvgIpc) is 2.39. The molecule has 0 radical (unpaired) electrons. The van der Waals surface area contributed by atoms with Gasteiger partial charge in [-0.25, -0.2) is 4.98 Å². The van der Waals surface area contributed by atoms with Crippen molar-refractivity contribution in [3.8, 4) is 5.88 Å². The molecule has 0 amide bonds. The Morgan fingerprint density at radius 1 is 1.37 bits per heavy atom. The highest BCUT2D eigenvalue weighted by molar-refractivity contribution is 6.31. The zero-order valence-corrected chi connectivity index (χ0v) is 12.9. The zero-order valence-electron chi connectivity index (χ0n) is 12.1. The summed E-state index contributed by atoms with van der Waals surface area (Å²) in [6.45, 7) is 8.20. The highest BCUT2D eigenvalue weighted by Gasteiger charge is 2.16. The number of aromatic nitrogens is 1. The number of nitrogens with zero attached hydrogens (tertiary/aromatic N) is 1. The molecular weight excluding hydrogens is 264 g/mol. The van der Waals surface area contributed by atoms with E-state index in [2.05, 4.69) is 10.3 Å². The molecule has 0 aliphatic rings. The second-order valence-electron chi connectivity index (χ2n) is 4.92. The van der Waals surface area contributed by atoms with Crippen LogP contribution < -0.4 is 10.1 Å². The summed E-state index contributed by atoms with van der Waals surface area (Å²) in [4.78, 5) is 4.40. The Hall–Kier alpha value is -0.840. The number of hydrogen-bond acceptors (Lipinski definition) is 4. The first-order valence-electron chi connectivity index (χ1n) is 6.52. The summed E-state index contributed by atoms with van der Waals surface area (Å²) in [7, 11) is 1.70. The molecule has 0 saturated carbocycles. The summed E-state index contributed by atoms with van der Waals surface area (Å²) in [5, 5.41) is 3.86. The molecule has 1 aromatic rings. The van der Waals surface area contributed by atoms with Gasteiger partial charge in [0.15, 0.2) is 0 Å². The van der Waals surface area contributed by atoms with E-state index < -0.39 is 0 Å². The Kier molecular flexibility index (Phi) is 6.55. The van der Waals surface area contributed by atoms with E-state index in [0.29, 0.717) is 24.1 Å². The maximum absolute atomic E-state index is 6.08. The highest BCUT2D eigenvalue weighted by Crippen LogP contribution is 2.19. The first kappa shape index (κ1) is 16.2. The van der Waals surface area contributed by atoms with Crippen LogP contribution in [0.2, 0.25) is 5.02 Å². The number of rotatable bonds is 8. The van der Waals surface area contributed by atoms with Gasteiger partial charge in [-0.05, 0) is 26.5 Å². The van der Waals surface area contributed by atoms with E-state index in [1.54, 1.807) is 13.2 Å². The van der Waals surface area contributed by atoms with Crippen LogP contribution in [-0.4, -0.2) is 30.8 Å². The molecular formula is C14H23ClN2O2. The van der Waals surface area contributed by atoms with E-state index in [9.17, 15) is 0 Å². The quantitative estimate of drug-likeness (QED) is 0.798. The Bertz CT molecular complexity index is 397. The largest absolute Gasteiger partial charge is 0.478 e. The second kappa shape index (κ2) is 7.68. The molecule has 0 bridgehead atoms. The number of nitrogens with one attached hydrogen (secondary N) is 1. The normalized spacial score (nSPS) is 11.6. The summed E-state index contributed by atoms with van der Waals surface area (Å²) in [5.74, 6) is 0.601. The third-order valence-electron chi connectivity index (χ3n) is 2.94. The first-order chi connectivity index (χ1) is 8.98. The van der Waals surface area contributed by atoms with Crippen LogP contribution in [0.5, 0.6) is 5.88 Å². The Morgan fingerprint density at radius 3 is 2.74 bits per heavy atom. The maximum atomic E-state index is 6.08. The van der Waals surface area contributed by atoms with E-state index in [1.165, 1.54) is 0 Å². The molecule has 108 valence electrons. The predicted molar refractivity (Wildman–Crippen MR) is 77.8 cm³/mol. The fourth-order valence-electron chi connectivity index (χ4n) is 1.42. The number of hydrogen-bond donors (Lipinski definition) is 1. The topological polar surface area (TPSA) is 43.4 Å². The molecule has 0 aliphatic heterocycles. The van der Waals surface area contributed by atoms with Gasteiger partial charge in [-0.1, -0.05) is 18.5 Å². The van der Waals surface area contributed by atoms with Crippen LogP contribution in [-0.2, 0) is 11.3 Å². The standard InChI is InChI=1S/C14H23ClN2O2/c1-5-16-10-12-11(15)6-7-13(17-12)19-9-8-14(2,3)18-4/h6-7,16H,5,8-10H2,1-4H3. The molecule has 0 spiro atoms. The van der Waals surface area contributed by atoms with Gasteiger partial charge in [-0.3, -0.25) is 0 Å². The van der Waals surface area contributed by atoms with Crippen molar-refractivity contribution >= 4 is 11.6 Å². The van der Waals surface area contributed by atoms with Crippen molar-refractivity contribution in [2.45, 2.75) is 39.3 Å². The van der Waals surface area contributed by atoms with Gasteiger partial charge in [0.2, 0.25) is 5.88 Å². The lowest BCUT2D eigenvalue weighted by atomic mass is 10.1. The fraction of sp³-hybridized carbons (Fsp3) is 0.643. The van der Waals surface area contributed by atoms with E-state index in [-0.39, 0.29) is 5.60 Å². The van der Waals surface area contributed by atoms with Gasteiger partial charge < -0.3 is 14.8 Å². The molecule has 0 unspecified atom stereocenters. The molecule has 1 rings (SSSR count). The van der Waals surface area contributed by atoms with Crippen LogP contribution in [0.15, 0.2) is 12.1 Å². The monoisotopic (exact) mass is 286 g/mol.